The Kier molecular flexibility index (Phi) is 6.30. The molecule has 1 aliphatic rings. The number of nitrogens with zero attached hydrogens (tertiary/aromatic N) is 3. The molecule has 1 saturated heterocycles. The number of piperidine rings is 1. The summed E-state index contributed by atoms with van der Waals surface area (Å²) in [6, 6.07) is 11.9. The molecule has 3 aromatic rings. The van der Waals surface area contributed by atoms with Crippen LogP contribution in [0.15, 0.2) is 47.0 Å². The molecule has 2 heterocycles. The predicted octanol–water partition coefficient (Wildman–Crippen LogP) is 4.71. The van der Waals surface area contributed by atoms with Gasteiger partial charge >= 0.3 is 0 Å². The second-order valence-electron chi connectivity index (χ2n) is 8.25. The van der Waals surface area contributed by atoms with Crippen LogP contribution in [0, 0.1) is 11.2 Å². The number of carbonyl (C=O) groups excluding carboxylic acids is 1. The second-order valence-corrected chi connectivity index (χ2v) is 8.25. The van der Waals surface area contributed by atoms with E-state index in [-0.39, 0.29) is 23.4 Å². The maximum Gasteiger partial charge on any atom is 0.256 e. The van der Waals surface area contributed by atoms with E-state index in [1.54, 1.807) is 17.0 Å². The number of amides is 1. The Morgan fingerprint density at radius 2 is 2.00 bits per heavy atom. The van der Waals surface area contributed by atoms with Crippen molar-refractivity contribution in [1.29, 1.82) is 5.41 Å². The number of hydrogen-bond acceptors (Lipinski definition) is 6. The molecule has 0 radical (unpaired) electrons. The fraction of sp³-hybridized carbons (Fsp3) is 0.333. The van der Waals surface area contributed by atoms with Gasteiger partial charge in [0.1, 0.15) is 5.82 Å². The van der Waals surface area contributed by atoms with Crippen LogP contribution in [0.5, 0.6) is 0 Å². The minimum absolute atomic E-state index is 0.0510. The quantitative estimate of drug-likeness (QED) is 0.547. The van der Waals surface area contributed by atoms with Gasteiger partial charge in [0.15, 0.2) is 0 Å². The van der Waals surface area contributed by atoms with Gasteiger partial charge in [-0.2, -0.15) is 4.98 Å². The SMILES string of the molecule is CC(C)Nc1cc(-c2noc(C3CCN(C(=O)c4ccccc4F)CC3)n2)ccc1C=N. The van der Waals surface area contributed by atoms with Gasteiger partial charge in [0.05, 0.1) is 5.56 Å². The summed E-state index contributed by atoms with van der Waals surface area (Å²) in [5, 5.41) is 15.1. The molecule has 2 aromatic carbocycles. The van der Waals surface area contributed by atoms with Crippen molar-refractivity contribution in [3.8, 4) is 11.4 Å². The molecule has 2 N–H and O–H groups in total. The highest BCUT2D eigenvalue weighted by Crippen LogP contribution is 2.30. The average molecular weight is 436 g/mol. The highest BCUT2D eigenvalue weighted by molar-refractivity contribution is 5.94. The van der Waals surface area contributed by atoms with E-state index in [1.165, 1.54) is 18.3 Å². The Bertz CT molecular complexity index is 1120. The first-order chi connectivity index (χ1) is 15.5. The molecule has 8 heteroatoms. The first-order valence-electron chi connectivity index (χ1n) is 10.7. The first-order valence-corrected chi connectivity index (χ1v) is 10.7. The van der Waals surface area contributed by atoms with Crippen LogP contribution in [0.1, 0.15) is 54.4 Å². The lowest BCUT2D eigenvalue weighted by atomic mass is 9.96. The van der Waals surface area contributed by atoms with Crippen LogP contribution >= 0.6 is 0 Å². The van der Waals surface area contributed by atoms with Crippen molar-refractivity contribution in [3.05, 3.63) is 65.3 Å². The second kappa shape index (κ2) is 9.30. The number of halogens is 1. The summed E-state index contributed by atoms with van der Waals surface area (Å²) in [6.07, 6.45) is 2.66. The third-order valence-corrected chi connectivity index (χ3v) is 5.59. The molecule has 1 fully saturated rings. The number of carbonyl (C=O) groups is 1. The Morgan fingerprint density at radius 3 is 2.69 bits per heavy atom. The molecule has 32 heavy (non-hydrogen) atoms. The van der Waals surface area contributed by atoms with Crippen LogP contribution in [-0.4, -0.2) is 46.3 Å². The summed E-state index contributed by atoms with van der Waals surface area (Å²) in [5.74, 6) is 0.307. The number of anilines is 1. The van der Waals surface area contributed by atoms with Gasteiger partial charge in [0.25, 0.3) is 5.91 Å². The molecular formula is C24H26FN5O2. The van der Waals surface area contributed by atoms with E-state index in [0.29, 0.717) is 37.6 Å². The number of rotatable bonds is 6. The summed E-state index contributed by atoms with van der Waals surface area (Å²) in [6.45, 7) is 5.09. The zero-order valence-electron chi connectivity index (χ0n) is 18.1. The van der Waals surface area contributed by atoms with E-state index in [4.69, 9.17) is 9.93 Å². The van der Waals surface area contributed by atoms with E-state index in [0.717, 1.165) is 16.8 Å². The predicted molar refractivity (Wildman–Crippen MR) is 121 cm³/mol. The van der Waals surface area contributed by atoms with Crippen molar-refractivity contribution in [2.75, 3.05) is 18.4 Å². The molecule has 1 aromatic heterocycles. The molecule has 0 saturated carbocycles. The maximum atomic E-state index is 13.9. The highest BCUT2D eigenvalue weighted by atomic mass is 19.1. The van der Waals surface area contributed by atoms with Gasteiger partial charge in [-0.1, -0.05) is 29.4 Å². The van der Waals surface area contributed by atoms with Crippen LogP contribution in [-0.2, 0) is 0 Å². The van der Waals surface area contributed by atoms with Crippen LogP contribution in [0.25, 0.3) is 11.4 Å². The van der Waals surface area contributed by atoms with Crippen LogP contribution < -0.4 is 5.32 Å². The third kappa shape index (κ3) is 4.54. The molecule has 166 valence electrons. The van der Waals surface area contributed by atoms with Gasteiger partial charge < -0.3 is 20.1 Å². The lowest BCUT2D eigenvalue weighted by molar-refractivity contribution is 0.0700. The minimum Gasteiger partial charge on any atom is -0.382 e. The molecule has 7 nitrogen and oxygen atoms in total. The Balaban J connectivity index is 1.44. The van der Waals surface area contributed by atoms with Gasteiger partial charge in [-0.15, -0.1) is 0 Å². The van der Waals surface area contributed by atoms with Crippen molar-refractivity contribution in [2.45, 2.75) is 38.6 Å². The molecular weight excluding hydrogens is 409 g/mol. The smallest absolute Gasteiger partial charge is 0.256 e. The van der Waals surface area contributed by atoms with Gasteiger partial charge in [0, 0.05) is 48.1 Å². The normalized spacial score (nSPS) is 14.6. The van der Waals surface area contributed by atoms with Gasteiger partial charge in [0.2, 0.25) is 11.7 Å². The fourth-order valence-corrected chi connectivity index (χ4v) is 3.91. The van der Waals surface area contributed by atoms with Crippen molar-refractivity contribution >= 4 is 17.8 Å². The molecule has 0 atom stereocenters. The number of hydrogen-bond donors (Lipinski definition) is 2. The summed E-state index contributed by atoms with van der Waals surface area (Å²) in [4.78, 5) is 18.9. The van der Waals surface area contributed by atoms with Gasteiger partial charge in [-0.05, 0) is 44.9 Å². The lowest BCUT2D eigenvalue weighted by Gasteiger charge is -2.30. The zero-order valence-corrected chi connectivity index (χ0v) is 18.1. The van der Waals surface area contributed by atoms with E-state index in [9.17, 15) is 9.18 Å². The molecule has 0 aliphatic carbocycles. The van der Waals surface area contributed by atoms with Crippen molar-refractivity contribution in [3.63, 3.8) is 0 Å². The minimum atomic E-state index is -0.499. The summed E-state index contributed by atoms with van der Waals surface area (Å²) >= 11 is 0. The number of aromatic nitrogens is 2. The Morgan fingerprint density at radius 1 is 1.25 bits per heavy atom. The first kappa shape index (κ1) is 21.7. The standard InChI is InChI=1S/C24H26FN5O2/c1-15(2)27-21-13-17(7-8-18(21)14-26)22-28-23(32-29-22)16-9-11-30(12-10-16)24(31)19-5-3-4-6-20(19)25/h3-8,13-16,26-27H,9-12H2,1-2H3. The van der Waals surface area contributed by atoms with Crippen molar-refractivity contribution < 1.29 is 13.7 Å². The van der Waals surface area contributed by atoms with Crippen LogP contribution in [0.4, 0.5) is 10.1 Å². The number of benzene rings is 2. The van der Waals surface area contributed by atoms with Crippen LogP contribution in [0.2, 0.25) is 0 Å². The van der Waals surface area contributed by atoms with Gasteiger partial charge in [-0.25, -0.2) is 4.39 Å². The Labute approximate surface area is 186 Å². The molecule has 0 spiro atoms. The summed E-state index contributed by atoms with van der Waals surface area (Å²) < 4.78 is 19.5. The Hall–Kier alpha value is -3.55. The lowest BCUT2D eigenvalue weighted by Crippen LogP contribution is -2.38. The molecule has 1 amide bonds. The largest absolute Gasteiger partial charge is 0.382 e. The monoisotopic (exact) mass is 435 g/mol. The molecule has 0 bridgehead atoms. The number of likely N-dealkylation sites (tertiary alicyclic amines) is 1. The highest BCUT2D eigenvalue weighted by Gasteiger charge is 2.29. The molecule has 0 unspecified atom stereocenters. The summed E-state index contributed by atoms with van der Waals surface area (Å²) in [5.41, 5.74) is 2.54. The maximum absolute atomic E-state index is 13.9. The van der Waals surface area contributed by atoms with Crippen molar-refractivity contribution in [2.24, 2.45) is 0 Å². The number of nitrogens with one attached hydrogen (secondary N) is 2. The summed E-state index contributed by atoms with van der Waals surface area (Å²) in [7, 11) is 0. The van der Waals surface area contributed by atoms with Crippen LogP contribution in [0.3, 0.4) is 0 Å². The molecule has 4 rings (SSSR count). The average Bonchev–Trinajstić information content (AvgIpc) is 3.29. The fourth-order valence-electron chi connectivity index (χ4n) is 3.91. The molecule has 1 aliphatic heterocycles. The van der Waals surface area contributed by atoms with E-state index in [2.05, 4.69) is 15.5 Å². The zero-order chi connectivity index (χ0) is 22.7. The van der Waals surface area contributed by atoms with Crippen molar-refractivity contribution in [1.82, 2.24) is 15.0 Å². The van der Waals surface area contributed by atoms with E-state index < -0.39 is 5.82 Å². The van der Waals surface area contributed by atoms with E-state index >= 15 is 0 Å². The third-order valence-electron chi connectivity index (χ3n) is 5.59. The van der Waals surface area contributed by atoms with Gasteiger partial charge in [-0.3, -0.25) is 4.79 Å². The van der Waals surface area contributed by atoms with E-state index in [1.807, 2.05) is 32.0 Å². The topological polar surface area (TPSA) is 95.1 Å².